The van der Waals surface area contributed by atoms with Crippen molar-refractivity contribution in [1.29, 1.82) is 0 Å². The third-order valence-corrected chi connectivity index (χ3v) is 2.82. The lowest BCUT2D eigenvalue weighted by Crippen LogP contribution is -2.34. The van der Waals surface area contributed by atoms with Gasteiger partial charge in [0.2, 0.25) is 0 Å². The lowest BCUT2D eigenvalue weighted by Gasteiger charge is -2.28. The summed E-state index contributed by atoms with van der Waals surface area (Å²) >= 11 is 0. The van der Waals surface area contributed by atoms with Crippen molar-refractivity contribution in [1.82, 2.24) is 4.90 Å². The number of rotatable bonds is 7. The van der Waals surface area contributed by atoms with Gasteiger partial charge >= 0.3 is 0 Å². The van der Waals surface area contributed by atoms with Crippen LogP contribution >= 0.6 is 0 Å². The molecule has 0 heterocycles. The Balaban J connectivity index is 3.75. The molecule has 0 saturated carbocycles. The molecule has 0 aromatic carbocycles. The van der Waals surface area contributed by atoms with Crippen LogP contribution in [0.1, 0.15) is 40.0 Å². The van der Waals surface area contributed by atoms with Crippen LogP contribution in [-0.4, -0.2) is 31.1 Å². The minimum atomic E-state index is 0.732. The molecule has 2 N–H and O–H groups in total. The Morgan fingerprint density at radius 1 is 1.23 bits per heavy atom. The van der Waals surface area contributed by atoms with E-state index in [0.717, 1.165) is 24.9 Å². The summed E-state index contributed by atoms with van der Waals surface area (Å²) < 4.78 is 0. The number of nitrogens with two attached hydrogens (primary N) is 1. The Morgan fingerprint density at radius 2 is 1.77 bits per heavy atom. The van der Waals surface area contributed by atoms with Crippen LogP contribution in [0.2, 0.25) is 0 Å². The highest BCUT2D eigenvalue weighted by atomic mass is 15.1. The van der Waals surface area contributed by atoms with Crippen LogP contribution < -0.4 is 5.73 Å². The Kier molecular flexibility index (Phi) is 7.29. The highest BCUT2D eigenvalue weighted by Gasteiger charge is 2.12. The first kappa shape index (κ1) is 12.9. The van der Waals surface area contributed by atoms with Crippen molar-refractivity contribution >= 4 is 0 Å². The Labute approximate surface area is 83.5 Å². The van der Waals surface area contributed by atoms with Crippen LogP contribution in [0.15, 0.2) is 0 Å². The Bertz CT molecular complexity index is 111. The number of hydrogen-bond acceptors (Lipinski definition) is 2. The first-order valence-corrected chi connectivity index (χ1v) is 5.55. The molecule has 0 bridgehead atoms. The summed E-state index contributed by atoms with van der Waals surface area (Å²) in [5, 5.41) is 0. The van der Waals surface area contributed by atoms with E-state index < -0.39 is 0 Å². The van der Waals surface area contributed by atoms with Crippen LogP contribution in [0.25, 0.3) is 0 Å². The van der Waals surface area contributed by atoms with Crippen LogP contribution in [-0.2, 0) is 0 Å². The van der Waals surface area contributed by atoms with Gasteiger partial charge in [-0.2, -0.15) is 0 Å². The van der Waals surface area contributed by atoms with Gasteiger partial charge in [-0.3, -0.25) is 0 Å². The third kappa shape index (κ3) is 5.27. The largest absolute Gasteiger partial charge is 0.330 e. The average Bonchev–Trinajstić information content (AvgIpc) is 2.06. The van der Waals surface area contributed by atoms with Crippen LogP contribution in [0.4, 0.5) is 0 Å². The van der Waals surface area contributed by atoms with E-state index >= 15 is 0 Å². The molecule has 0 aliphatic rings. The topological polar surface area (TPSA) is 29.3 Å². The maximum atomic E-state index is 5.53. The number of hydrogen-bond donors (Lipinski definition) is 1. The van der Waals surface area contributed by atoms with Crippen molar-refractivity contribution in [3.63, 3.8) is 0 Å². The second kappa shape index (κ2) is 7.34. The summed E-state index contributed by atoms with van der Waals surface area (Å²) in [5.74, 6) is 0.732. The maximum Gasteiger partial charge on any atom is 0.00870 e. The first-order chi connectivity index (χ1) is 6.15. The molecule has 13 heavy (non-hydrogen) atoms. The molecule has 0 rings (SSSR count). The van der Waals surface area contributed by atoms with Gasteiger partial charge in [-0.15, -0.1) is 0 Å². The highest BCUT2D eigenvalue weighted by molar-refractivity contribution is 4.67. The molecular weight excluding hydrogens is 160 g/mol. The minimum absolute atomic E-state index is 0.732. The molecule has 0 fully saturated rings. The van der Waals surface area contributed by atoms with Gasteiger partial charge in [0.1, 0.15) is 0 Å². The lowest BCUT2D eigenvalue weighted by atomic mass is 10.1. The quantitative estimate of drug-likeness (QED) is 0.659. The zero-order chi connectivity index (χ0) is 10.3. The first-order valence-electron chi connectivity index (χ1n) is 5.55. The van der Waals surface area contributed by atoms with E-state index in [4.69, 9.17) is 5.73 Å². The minimum Gasteiger partial charge on any atom is -0.330 e. The summed E-state index contributed by atoms with van der Waals surface area (Å²) in [4.78, 5) is 2.47. The second-order valence-electron chi connectivity index (χ2n) is 4.09. The molecule has 0 aliphatic carbocycles. The van der Waals surface area contributed by atoms with Gasteiger partial charge in [0.05, 0.1) is 0 Å². The van der Waals surface area contributed by atoms with Crippen LogP contribution in [0.5, 0.6) is 0 Å². The molecular formula is C11H26N2. The van der Waals surface area contributed by atoms with Crippen molar-refractivity contribution in [2.45, 2.75) is 46.1 Å². The standard InChI is InChI=1S/C11H26N2/c1-5-11(6-2)13(4)9-10(3)7-8-12/h10-11H,5-9,12H2,1-4H3. The molecule has 1 atom stereocenters. The maximum absolute atomic E-state index is 5.53. The van der Waals surface area contributed by atoms with Crippen molar-refractivity contribution in [3.05, 3.63) is 0 Å². The van der Waals surface area contributed by atoms with E-state index in [1.54, 1.807) is 0 Å². The molecule has 0 radical (unpaired) electrons. The number of nitrogens with zero attached hydrogens (tertiary/aromatic N) is 1. The van der Waals surface area contributed by atoms with Crippen molar-refractivity contribution in [3.8, 4) is 0 Å². The van der Waals surface area contributed by atoms with E-state index in [-0.39, 0.29) is 0 Å². The molecule has 0 saturated heterocycles. The molecule has 0 amide bonds. The summed E-state index contributed by atoms with van der Waals surface area (Å²) in [6.07, 6.45) is 3.65. The third-order valence-electron chi connectivity index (χ3n) is 2.82. The molecule has 0 spiro atoms. The second-order valence-corrected chi connectivity index (χ2v) is 4.09. The zero-order valence-electron chi connectivity index (χ0n) is 9.71. The normalized spacial score (nSPS) is 14.1. The fourth-order valence-electron chi connectivity index (χ4n) is 1.93. The van der Waals surface area contributed by atoms with Crippen LogP contribution in [0, 0.1) is 5.92 Å². The van der Waals surface area contributed by atoms with Gasteiger partial charge in [-0.05, 0) is 38.8 Å². The smallest absolute Gasteiger partial charge is 0.00870 e. The van der Waals surface area contributed by atoms with Crippen molar-refractivity contribution in [2.24, 2.45) is 11.7 Å². The summed E-state index contributed by atoms with van der Waals surface area (Å²) in [5.41, 5.74) is 5.53. The van der Waals surface area contributed by atoms with E-state index in [1.165, 1.54) is 19.4 Å². The van der Waals surface area contributed by atoms with Gasteiger partial charge in [-0.25, -0.2) is 0 Å². The van der Waals surface area contributed by atoms with Crippen molar-refractivity contribution < 1.29 is 0 Å². The SMILES string of the molecule is CCC(CC)N(C)CC(C)CCN. The predicted octanol–water partition coefficient (Wildman–Crippen LogP) is 2.09. The lowest BCUT2D eigenvalue weighted by molar-refractivity contribution is 0.198. The fraction of sp³-hybridized carbons (Fsp3) is 1.00. The van der Waals surface area contributed by atoms with E-state index in [0.29, 0.717) is 0 Å². The molecule has 2 nitrogen and oxygen atoms in total. The summed E-state index contributed by atoms with van der Waals surface area (Å²) in [6, 6.07) is 0.750. The molecule has 0 aliphatic heterocycles. The van der Waals surface area contributed by atoms with E-state index in [2.05, 4.69) is 32.7 Å². The predicted molar refractivity (Wildman–Crippen MR) is 59.8 cm³/mol. The molecule has 2 heteroatoms. The summed E-state index contributed by atoms with van der Waals surface area (Å²) in [6.45, 7) is 8.81. The fourth-order valence-corrected chi connectivity index (χ4v) is 1.93. The van der Waals surface area contributed by atoms with Gasteiger partial charge in [0.25, 0.3) is 0 Å². The zero-order valence-corrected chi connectivity index (χ0v) is 9.71. The van der Waals surface area contributed by atoms with Gasteiger partial charge in [0.15, 0.2) is 0 Å². The van der Waals surface area contributed by atoms with Gasteiger partial charge < -0.3 is 10.6 Å². The Morgan fingerprint density at radius 3 is 2.15 bits per heavy atom. The van der Waals surface area contributed by atoms with Crippen molar-refractivity contribution in [2.75, 3.05) is 20.1 Å². The Hall–Kier alpha value is -0.0800. The van der Waals surface area contributed by atoms with Gasteiger partial charge in [-0.1, -0.05) is 20.8 Å². The van der Waals surface area contributed by atoms with E-state index in [9.17, 15) is 0 Å². The molecule has 1 unspecified atom stereocenters. The highest BCUT2D eigenvalue weighted by Crippen LogP contribution is 2.10. The monoisotopic (exact) mass is 186 g/mol. The van der Waals surface area contributed by atoms with E-state index in [1.807, 2.05) is 0 Å². The summed E-state index contributed by atoms with van der Waals surface area (Å²) in [7, 11) is 2.23. The molecule has 0 aromatic heterocycles. The van der Waals surface area contributed by atoms with Gasteiger partial charge in [0, 0.05) is 12.6 Å². The average molecular weight is 186 g/mol. The molecule has 80 valence electrons. The molecule has 0 aromatic rings. The van der Waals surface area contributed by atoms with Crippen LogP contribution in [0.3, 0.4) is 0 Å².